The molecule has 0 bridgehead atoms. The Balaban J connectivity index is 0. The number of aliphatic imine (C=N–C) groups is 22. The minimum atomic E-state index is -5.17. The van der Waals surface area contributed by atoms with E-state index in [4.69, 9.17) is 17.5 Å². The van der Waals surface area contributed by atoms with Gasteiger partial charge in [-0.1, -0.05) is 0 Å². The minimum absolute atomic E-state index is 0. The normalized spacial score (nSPS) is 16.8. The number of hydrogen-bond acceptors (Lipinski definition) is 26. The molecule has 0 fully saturated rings. The van der Waals surface area contributed by atoms with Crippen molar-refractivity contribution in [3.8, 4) is 0 Å². The van der Waals surface area contributed by atoms with E-state index in [1.54, 1.807) is 138 Å². The molecule has 0 spiro atoms. The van der Waals surface area contributed by atoms with Gasteiger partial charge in [-0.25, -0.2) is 54.9 Å². The zero-order valence-electron chi connectivity index (χ0n) is 32.7. The Bertz CT molecular complexity index is 1370. The first kappa shape index (κ1) is 56.2. The van der Waals surface area contributed by atoms with Crippen molar-refractivity contribution in [1.29, 1.82) is 0 Å². The van der Waals surface area contributed by atoms with Crippen LogP contribution in [0.5, 0.6) is 0 Å². The zero-order chi connectivity index (χ0) is 43.4. The van der Waals surface area contributed by atoms with Crippen molar-refractivity contribution in [2.45, 2.75) is 0 Å². The number of nitrogens with zero attached hydrogens (tertiary/aromatic N) is 22. The van der Waals surface area contributed by atoms with Crippen molar-refractivity contribution in [2.24, 2.45) is 110 Å². The van der Waals surface area contributed by atoms with Gasteiger partial charge in [0.1, 0.15) is 69.7 Å². The first-order valence-corrected chi connectivity index (χ1v) is 18.5. The molecule has 0 aromatic carbocycles. The smallest absolute Gasteiger partial charge is 0.759 e. The van der Waals surface area contributed by atoms with E-state index in [2.05, 4.69) is 110 Å². The van der Waals surface area contributed by atoms with E-state index in [0.717, 1.165) is 72.0 Å². The van der Waals surface area contributed by atoms with E-state index in [1.165, 1.54) is 0 Å². The van der Waals surface area contributed by atoms with Crippen LogP contribution >= 0.6 is 0 Å². The van der Waals surface area contributed by atoms with Gasteiger partial charge in [0.15, 0.2) is 0 Å². The van der Waals surface area contributed by atoms with Gasteiger partial charge in [0.25, 0.3) is 0 Å². The molecule has 26 nitrogen and oxygen atoms in total. The molecule has 0 unspecified atom stereocenters. The van der Waals surface area contributed by atoms with Crippen LogP contribution in [0.1, 0.15) is 0 Å². The average molecular weight is 904 g/mol. The zero-order valence-corrected chi connectivity index (χ0v) is 34.6. The van der Waals surface area contributed by atoms with E-state index in [0.29, 0.717) is 0 Å². The van der Waals surface area contributed by atoms with Crippen LogP contribution in [0.4, 0.5) is 0 Å². The van der Waals surface area contributed by atoms with Crippen LogP contribution in [0.25, 0.3) is 0 Å². The van der Waals surface area contributed by atoms with Gasteiger partial charge >= 0.3 is 16.8 Å². The van der Waals surface area contributed by atoms with Crippen LogP contribution in [-0.2, 0) is 27.2 Å². The fourth-order valence-corrected chi connectivity index (χ4v) is 2.59. The Morgan fingerprint density at radius 1 is 0.246 bits per heavy atom. The molecule has 28 heteroatoms. The molecule has 11 rings (SSSR count). The second kappa shape index (κ2) is 49.3. The van der Waals surface area contributed by atoms with Crippen molar-refractivity contribution >= 4 is 148 Å². The second-order valence-corrected chi connectivity index (χ2v) is 10.2. The van der Waals surface area contributed by atoms with Crippen molar-refractivity contribution in [3.05, 3.63) is 0 Å². The third kappa shape index (κ3) is 59.9. The van der Waals surface area contributed by atoms with Crippen LogP contribution in [0.15, 0.2) is 110 Å². The van der Waals surface area contributed by atoms with Gasteiger partial charge in [-0.15, -0.1) is 0 Å². The SMILES string of the molecule is C1=NC=NC1.C1=NC=NC1.C1=NC=NC1.C1=NC=NC1.C1=NC=NC1.C1=NC=NC1.C1=NC=NC1.C1=NC=NC1.C1=NC=NC1.C1=NC=NC1.C1=NC=NC1.O=S(=O)([O-])[O-].[Co+2]. The summed E-state index contributed by atoms with van der Waals surface area (Å²) in [5.41, 5.74) is 0. The topological polar surface area (TPSA) is 352 Å². The molecule has 0 aliphatic carbocycles. The fourth-order valence-electron chi connectivity index (χ4n) is 2.59. The summed E-state index contributed by atoms with van der Waals surface area (Å²) >= 11 is 0. The van der Waals surface area contributed by atoms with Gasteiger partial charge in [-0.3, -0.25) is 63.3 Å². The third-order valence-electron chi connectivity index (χ3n) is 4.85. The van der Waals surface area contributed by atoms with Crippen LogP contribution < -0.4 is 0 Å². The summed E-state index contributed by atoms with van der Waals surface area (Å²) in [6.07, 6.45) is 36.5. The molecule has 0 atom stereocenters. The molecule has 61 heavy (non-hydrogen) atoms. The van der Waals surface area contributed by atoms with Gasteiger partial charge in [0, 0.05) is 78.8 Å². The molecule has 11 heterocycles. The molecule has 0 aromatic heterocycles. The first-order chi connectivity index (χ1) is 29.5. The summed E-state index contributed by atoms with van der Waals surface area (Å²) < 4.78 is 34.1. The number of hydrogen-bond donors (Lipinski definition) is 0. The summed E-state index contributed by atoms with van der Waals surface area (Å²) in [6.45, 7) is 8.56. The quantitative estimate of drug-likeness (QED) is 0.234. The third-order valence-corrected chi connectivity index (χ3v) is 4.85. The predicted octanol–water partition coefficient (Wildman–Crippen LogP) is -0.250. The Kier molecular flexibility index (Phi) is 45.4. The van der Waals surface area contributed by atoms with Gasteiger partial charge in [0.2, 0.25) is 0 Å². The average Bonchev–Trinajstić information content (AvgIpc) is 4.14. The summed E-state index contributed by atoms with van der Waals surface area (Å²) in [5, 5.41) is 0. The molecule has 0 saturated carbocycles. The van der Waals surface area contributed by atoms with Crippen molar-refractivity contribution in [1.82, 2.24) is 0 Å². The standard InChI is InChI=1S/11C3H4N2.Co.H2O4S/c11*1-2-5-3-4-1;;1-5(2,3)4/h11*1,3H,2H2;;(H2,1,2,3,4)/q;;;;;;;;;;;+2;/p-2. The van der Waals surface area contributed by atoms with E-state index in [9.17, 15) is 0 Å². The van der Waals surface area contributed by atoms with E-state index in [-0.39, 0.29) is 16.8 Å². The maximum Gasteiger partial charge on any atom is 2.00 e. The molecule has 1 radical (unpaired) electrons. The van der Waals surface area contributed by atoms with Gasteiger partial charge < -0.3 is 9.11 Å². The van der Waals surface area contributed by atoms with Crippen molar-refractivity contribution < 1.29 is 34.3 Å². The Hall–Kier alpha value is -6.88. The van der Waals surface area contributed by atoms with E-state index in [1.807, 2.05) is 0 Å². The second-order valence-electron chi connectivity index (χ2n) is 9.34. The fraction of sp³-hybridized carbons (Fsp3) is 0.333. The van der Waals surface area contributed by atoms with Gasteiger partial charge in [-0.05, 0) is 0 Å². The molecular formula is C33H44CoN22O4S. The Labute approximate surface area is 363 Å². The molecule has 11 aliphatic heterocycles. The van der Waals surface area contributed by atoms with Gasteiger partial charge in [0.05, 0.1) is 72.0 Å². The van der Waals surface area contributed by atoms with Crippen LogP contribution in [0.2, 0.25) is 0 Å². The molecule has 0 N–H and O–H groups in total. The molecule has 11 aliphatic rings. The monoisotopic (exact) mass is 903 g/mol. The molecule has 325 valence electrons. The largest absolute Gasteiger partial charge is 2.00 e. The summed E-state index contributed by atoms with van der Waals surface area (Å²) in [7, 11) is -5.17. The summed E-state index contributed by atoms with van der Waals surface area (Å²) in [6, 6.07) is 0. The Morgan fingerprint density at radius 2 is 0.328 bits per heavy atom. The minimum Gasteiger partial charge on any atom is -0.759 e. The number of rotatable bonds is 0. The maximum atomic E-state index is 8.52. The van der Waals surface area contributed by atoms with E-state index < -0.39 is 10.4 Å². The maximum absolute atomic E-state index is 8.52. The summed E-state index contributed by atoms with van der Waals surface area (Å²) in [5.74, 6) is 0. The van der Waals surface area contributed by atoms with Crippen molar-refractivity contribution in [2.75, 3.05) is 72.0 Å². The van der Waals surface area contributed by atoms with Crippen LogP contribution in [-0.4, -0.2) is 228 Å². The van der Waals surface area contributed by atoms with Crippen LogP contribution in [0, 0.1) is 0 Å². The van der Waals surface area contributed by atoms with Gasteiger partial charge in [-0.2, -0.15) is 0 Å². The van der Waals surface area contributed by atoms with Crippen molar-refractivity contribution in [3.63, 3.8) is 0 Å². The Morgan fingerprint density at radius 3 is 0.344 bits per heavy atom. The van der Waals surface area contributed by atoms with E-state index >= 15 is 0 Å². The molecule has 0 amide bonds. The van der Waals surface area contributed by atoms with Crippen LogP contribution in [0.3, 0.4) is 0 Å². The predicted molar refractivity (Wildman–Crippen MR) is 251 cm³/mol. The molecule has 0 aromatic rings. The molecular weight excluding hydrogens is 860 g/mol. The summed E-state index contributed by atoms with van der Waals surface area (Å²) in [4.78, 5) is 81.4. The first-order valence-electron chi connectivity index (χ1n) is 17.2. The molecule has 0 saturated heterocycles.